The van der Waals surface area contributed by atoms with E-state index < -0.39 is 4.92 Å². The maximum absolute atomic E-state index is 12.3. The molecule has 2 rings (SSSR count). The molecule has 0 aromatic heterocycles. The number of amides is 1. The molecule has 7 heteroatoms. The van der Waals surface area contributed by atoms with Crippen molar-refractivity contribution in [2.75, 3.05) is 18.9 Å². The van der Waals surface area contributed by atoms with Gasteiger partial charge in [-0.2, -0.15) is 0 Å². The maximum Gasteiger partial charge on any atom is 0.292 e. The second-order valence-corrected chi connectivity index (χ2v) is 4.51. The largest absolute Gasteiger partial charge is 0.394 e. The van der Waals surface area contributed by atoms with Crippen LogP contribution < -0.4 is 5.73 Å². The zero-order valence-electron chi connectivity index (χ0n) is 10.3. The van der Waals surface area contributed by atoms with E-state index >= 15 is 0 Å². The number of nitro groups is 1. The van der Waals surface area contributed by atoms with Gasteiger partial charge >= 0.3 is 0 Å². The van der Waals surface area contributed by atoms with Gasteiger partial charge in [0.15, 0.2) is 0 Å². The number of benzene rings is 1. The van der Waals surface area contributed by atoms with Crippen molar-refractivity contribution >= 4 is 17.3 Å². The lowest BCUT2D eigenvalue weighted by Crippen LogP contribution is -2.37. The minimum Gasteiger partial charge on any atom is -0.394 e. The highest BCUT2D eigenvalue weighted by Gasteiger charge is 2.29. The number of anilines is 1. The number of carbonyl (C=O) groups excluding carboxylic acids is 1. The fourth-order valence-electron chi connectivity index (χ4n) is 2.29. The molecule has 1 aromatic carbocycles. The zero-order chi connectivity index (χ0) is 14.0. The van der Waals surface area contributed by atoms with E-state index in [4.69, 9.17) is 5.73 Å². The minimum atomic E-state index is -0.611. The third kappa shape index (κ3) is 2.50. The molecule has 1 aromatic rings. The average molecular weight is 265 g/mol. The quantitative estimate of drug-likeness (QED) is 0.476. The Bertz CT molecular complexity index is 518. The number of nitrogens with zero attached hydrogens (tertiary/aromatic N) is 2. The Morgan fingerprint density at radius 2 is 2.32 bits per heavy atom. The summed E-state index contributed by atoms with van der Waals surface area (Å²) in [6.45, 7) is 0.463. The van der Waals surface area contributed by atoms with Crippen molar-refractivity contribution in [3.63, 3.8) is 0 Å². The molecule has 0 spiro atoms. The van der Waals surface area contributed by atoms with Crippen LogP contribution in [-0.4, -0.2) is 40.0 Å². The van der Waals surface area contributed by atoms with E-state index in [1.807, 2.05) is 0 Å². The monoisotopic (exact) mass is 265 g/mol. The fourth-order valence-corrected chi connectivity index (χ4v) is 2.29. The Morgan fingerprint density at radius 1 is 1.58 bits per heavy atom. The van der Waals surface area contributed by atoms with Crippen LogP contribution >= 0.6 is 0 Å². The first-order chi connectivity index (χ1) is 9.04. The second kappa shape index (κ2) is 5.23. The van der Waals surface area contributed by atoms with E-state index in [0.717, 1.165) is 12.8 Å². The Morgan fingerprint density at radius 3 is 2.95 bits per heavy atom. The minimum absolute atomic E-state index is 0.0293. The van der Waals surface area contributed by atoms with Gasteiger partial charge in [-0.3, -0.25) is 14.9 Å². The third-order valence-corrected chi connectivity index (χ3v) is 3.32. The summed E-state index contributed by atoms with van der Waals surface area (Å²) in [6.07, 6.45) is 1.58. The molecule has 1 atom stereocenters. The number of aliphatic hydroxyl groups excluding tert-OH is 1. The van der Waals surface area contributed by atoms with Crippen molar-refractivity contribution in [3.8, 4) is 0 Å². The van der Waals surface area contributed by atoms with E-state index in [1.165, 1.54) is 18.2 Å². The molecule has 1 amide bonds. The van der Waals surface area contributed by atoms with Gasteiger partial charge in [-0.05, 0) is 25.0 Å². The van der Waals surface area contributed by atoms with Crippen LogP contribution in [0.3, 0.4) is 0 Å². The van der Waals surface area contributed by atoms with Gasteiger partial charge in [0.1, 0.15) is 5.69 Å². The Labute approximate surface area is 109 Å². The van der Waals surface area contributed by atoms with Gasteiger partial charge in [-0.25, -0.2) is 0 Å². The molecule has 1 fully saturated rings. The summed E-state index contributed by atoms with van der Waals surface area (Å²) >= 11 is 0. The number of aliphatic hydroxyl groups is 1. The van der Waals surface area contributed by atoms with E-state index in [9.17, 15) is 20.0 Å². The lowest BCUT2D eigenvalue weighted by Gasteiger charge is -2.23. The number of nitro benzene ring substituents is 1. The lowest BCUT2D eigenvalue weighted by atomic mass is 10.1. The highest BCUT2D eigenvalue weighted by atomic mass is 16.6. The summed E-state index contributed by atoms with van der Waals surface area (Å²) < 4.78 is 0. The SMILES string of the molecule is Nc1ccc(C(=O)N2CCC[C@@H]2CO)cc1[N+](=O)[O-]. The van der Waals surface area contributed by atoms with Gasteiger partial charge in [-0.15, -0.1) is 0 Å². The van der Waals surface area contributed by atoms with Crippen molar-refractivity contribution < 1.29 is 14.8 Å². The van der Waals surface area contributed by atoms with Gasteiger partial charge in [0.2, 0.25) is 0 Å². The molecule has 0 saturated carbocycles. The molecule has 1 heterocycles. The zero-order valence-corrected chi connectivity index (χ0v) is 10.3. The van der Waals surface area contributed by atoms with Crippen molar-refractivity contribution in [3.05, 3.63) is 33.9 Å². The predicted octanol–water partition coefficient (Wildman–Crippen LogP) is 0.774. The number of nitrogens with two attached hydrogens (primary N) is 1. The second-order valence-electron chi connectivity index (χ2n) is 4.51. The molecule has 0 aliphatic carbocycles. The molecule has 3 N–H and O–H groups in total. The Kier molecular flexibility index (Phi) is 3.66. The van der Waals surface area contributed by atoms with Crippen LogP contribution in [0, 0.1) is 10.1 Å². The van der Waals surface area contributed by atoms with Crippen molar-refractivity contribution in [2.24, 2.45) is 0 Å². The van der Waals surface area contributed by atoms with Crippen LogP contribution in [0.4, 0.5) is 11.4 Å². The standard InChI is InChI=1S/C12H15N3O4/c13-10-4-3-8(6-11(10)15(18)19)12(17)14-5-1-2-9(14)7-16/h3-4,6,9,16H,1-2,5,7,13H2/t9-/m1/s1. The molecule has 0 unspecified atom stereocenters. The van der Waals surface area contributed by atoms with Gasteiger partial charge in [-0.1, -0.05) is 0 Å². The van der Waals surface area contributed by atoms with Crippen molar-refractivity contribution in [2.45, 2.75) is 18.9 Å². The average Bonchev–Trinajstić information content (AvgIpc) is 2.86. The molecule has 1 aliphatic heterocycles. The number of hydrogen-bond acceptors (Lipinski definition) is 5. The number of carbonyl (C=O) groups is 1. The summed E-state index contributed by atoms with van der Waals surface area (Å²) in [5.74, 6) is -0.306. The molecule has 1 aliphatic rings. The third-order valence-electron chi connectivity index (χ3n) is 3.32. The fraction of sp³-hybridized carbons (Fsp3) is 0.417. The first kappa shape index (κ1) is 13.3. The summed E-state index contributed by atoms with van der Waals surface area (Å²) in [7, 11) is 0. The number of hydrogen-bond donors (Lipinski definition) is 2. The summed E-state index contributed by atoms with van der Waals surface area (Å²) in [6, 6.07) is 3.81. The van der Waals surface area contributed by atoms with E-state index in [2.05, 4.69) is 0 Å². The molecule has 7 nitrogen and oxygen atoms in total. The van der Waals surface area contributed by atoms with Crippen LogP contribution in [0.5, 0.6) is 0 Å². The Balaban J connectivity index is 2.29. The lowest BCUT2D eigenvalue weighted by molar-refractivity contribution is -0.383. The number of rotatable bonds is 3. The van der Waals surface area contributed by atoms with Crippen molar-refractivity contribution in [1.29, 1.82) is 0 Å². The summed E-state index contributed by atoms with van der Waals surface area (Å²) in [4.78, 5) is 24.0. The van der Waals surface area contributed by atoms with Gasteiger partial charge in [0.05, 0.1) is 17.6 Å². The molecule has 0 radical (unpaired) electrons. The van der Waals surface area contributed by atoms with Gasteiger partial charge in [0.25, 0.3) is 11.6 Å². The van der Waals surface area contributed by atoms with Crippen LogP contribution in [-0.2, 0) is 0 Å². The Hall–Kier alpha value is -2.15. The molecular weight excluding hydrogens is 250 g/mol. The van der Waals surface area contributed by atoms with E-state index in [0.29, 0.717) is 6.54 Å². The van der Waals surface area contributed by atoms with Crippen LogP contribution in [0.15, 0.2) is 18.2 Å². The van der Waals surface area contributed by atoms with Crippen LogP contribution in [0.1, 0.15) is 23.2 Å². The molecule has 0 bridgehead atoms. The van der Waals surface area contributed by atoms with Crippen LogP contribution in [0.2, 0.25) is 0 Å². The maximum atomic E-state index is 12.3. The van der Waals surface area contributed by atoms with Gasteiger partial charge < -0.3 is 15.7 Å². The van der Waals surface area contributed by atoms with E-state index in [1.54, 1.807) is 4.90 Å². The number of nitrogen functional groups attached to an aromatic ring is 1. The summed E-state index contributed by atoms with van der Waals surface area (Å²) in [5.41, 5.74) is 5.47. The predicted molar refractivity (Wildman–Crippen MR) is 68.7 cm³/mol. The van der Waals surface area contributed by atoms with Gasteiger partial charge in [0, 0.05) is 18.2 Å². The summed E-state index contributed by atoms with van der Waals surface area (Å²) in [5, 5.41) is 20.0. The highest BCUT2D eigenvalue weighted by Crippen LogP contribution is 2.25. The van der Waals surface area contributed by atoms with E-state index in [-0.39, 0.29) is 35.5 Å². The molecule has 102 valence electrons. The topological polar surface area (TPSA) is 110 Å². The molecular formula is C12H15N3O4. The molecule has 1 saturated heterocycles. The first-order valence-corrected chi connectivity index (χ1v) is 6.00. The normalized spacial score (nSPS) is 18.6. The van der Waals surface area contributed by atoms with Crippen molar-refractivity contribution in [1.82, 2.24) is 4.90 Å². The van der Waals surface area contributed by atoms with Crippen LogP contribution in [0.25, 0.3) is 0 Å². The smallest absolute Gasteiger partial charge is 0.292 e. The number of likely N-dealkylation sites (tertiary alicyclic amines) is 1. The first-order valence-electron chi connectivity index (χ1n) is 6.00. The molecule has 19 heavy (non-hydrogen) atoms. The highest BCUT2D eigenvalue weighted by molar-refractivity contribution is 5.96.